The Bertz CT molecular complexity index is 3230. The van der Waals surface area contributed by atoms with Gasteiger partial charge in [-0.05, 0) is 114 Å². The molecule has 0 aliphatic rings. The molecule has 1 heterocycles. The Balaban J connectivity index is 1.05. The zero-order valence-corrected chi connectivity index (χ0v) is 30.6. The number of anilines is 3. The third-order valence-corrected chi connectivity index (χ3v) is 11.3. The molecule has 0 bridgehead atoms. The van der Waals surface area contributed by atoms with Crippen molar-refractivity contribution < 1.29 is 4.42 Å². The first kappa shape index (κ1) is 32.0. The van der Waals surface area contributed by atoms with Crippen LogP contribution in [0.5, 0.6) is 0 Å². The predicted molar refractivity (Wildman–Crippen MR) is 237 cm³/mol. The van der Waals surface area contributed by atoms with E-state index in [1.54, 1.807) is 0 Å². The number of nitrogens with zero attached hydrogens (tertiary/aromatic N) is 1. The fourth-order valence-electron chi connectivity index (χ4n) is 8.62. The minimum absolute atomic E-state index is 0.896. The second-order valence-corrected chi connectivity index (χ2v) is 14.5. The second kappa shape index (κ2) is 13.2. The van der Waals surface area contributed by atoms with Gasteiger partial charge in [0.15, 0.2) is 0 Å². The smallest absolute Gasteiger partial charge is 0.136 e. The minimum atomic E-state index is 0.896. The van der Waals surface area contributed by atoms with Gasteiger partial charge in [-0.1, -0.05) is 164 Å². The van der Waals surface area contributed by atoms with Gasteiger partial charge in [0.2, 0.25) is 0 Å². The molecule has 0 saturated carbocycles. The molecule has 1 aromatic heterocycles. The van der Waals surface area contributed by atoms with Crippen LogP contribution in [0, 0.1) is 0 Å². The fourth-order valence-corrected chi connectivity index (χ4v) is 8.62. The minimum Gasteiger partial charge on any atom is -0.456 e. The van der Waals surface area contributed by atoms with Crippen molar-refractivity contribution in [1.29, 1.82) is 0 Å². The monoisotopic (exact) mass is 713 g/mol. The molecule has 56 heavy (non-hydrogen) atoms. The molecule has 0 fully saturated rings. The SMILES string of the molecule is c1ccc(-c2ccc(N(c3ccc(-c4cccc5ccc6c7ccccc7ccc6c45)cc3)c3cccc(-c4cccc5oc6ccccc6c45)c3)cc2)cc1. The summed E-state index contributed by atoms with van der Waals surface area (Å²) in [5.41, 5.74) is 12.1. The van der Waals surface area contributed by atoms with Crippen LogP contribution in [0.1, 0.15) is 0 Å². The molecule has 0 aliphatic carbocycles. The highest BCUT2D eigenvalue weighted by molar-refractivity contribution is 6.21. The Hall–Kier alpha value is -7.42. The molecule has 0 N–H and O–H groups in total. The van der Waals surface area contributed by atoms with Gasteiger partial charge in [-0.25, -0.2) is 0 Å². The van der Waals surface area contributed by atoms with Crippen molar-refractivity contribution in [3.63, 3.8) is 0 Å². The number of furan rings is 1. The maximum absolute atomic E-state index is 6.29. The maximum atomic E-state index is 6.29. The molecule has 0 unspecified atom stereocenters. The van der Waals surface area contributed by atoms with Gasteiger partial charge in [0.25, 0.3) is 0 Å². The lowest BCUT2D eigenvalue weighted by molar-refractivity contribution is 0.669. The first-order chi connectivity index (χ1) is 27.8. The Kier molecular flexibility index (Phi) is 7.53. The quantitative estimate of drug-likeness (QED) is 0.160. The molecule has 2 heteroatoms. The van der Waals surface area contributed by atoms with Crippen LogP contribution in [0.2, 0.25) is 0 Å². The van der Waals surface area contributed by atoms with Crippen LogP contribution < -0.4 is 4.90 Å². The summed E-state index contributed by atoms with van der Waals surface area (Å²) in [6.07, 6.45) is 0. The van der Waals surface area contributed by atoms with Crippen molar-refractivity contribution in [1.82, 2.24) is 0 Å². The molecular weight excluding hydrogens is 679 g/mol. The summed E-state index contributed by atoms with van der Waals surface area (Å²) in [5.74, 6) is 0. The molecular formula is C54H35NO. The van der Waals surface area contributed by atoms with Gasteiger partial charge in [-0.3, -0.25) is 0 Å². The van der Waals surface area contributed by atoms with Crippen LogP contribution in [0.3, 0.4) is 0 Å². The third-order valence-electron chi connectivity index (χ3n) is 11.3. The largest absolute Gasteiger partial charge is 0.456 e. The van der Waals surface area contributed by atoms with Gasteiger partial charge in [-0.2, -0.15) is 0 Å². The lowest BCUT2D eigenvalue weighted by Crippen LogP contribution is -2.10. The van der Waals surface area contributed by atoms with Crippen LogP contribution in [-0.4, -0.2) is 0 Å². The highest BCUT2D eigenvalue weighted by Gasteiger charge is 2.18. The number of para-hydroxylation sites is 1. The standard InChI is InChI=1S/C54H35NO/c1-2-11-36(12-3-1)37-23-29-42(30-24-37)55(44-16-8-15-41(35-44)47-20-10-22-52-54(47)50-18-6-7-21-51(50)56-52)43-31-25-39(26-32-43)46-19-9-14-40-28-33-48-45-17-5-4-13-38(45)27-34-49(48)53(40)46/h1-35H. The fraction of sp³-hybridized carbons (Fsp3) is 0. The van der Waals surface area contributed by atoms with Gasteiger partial charge in [0.1, 0.15) is 11.2 Å². The Morgan fingerprint density at radius 1 is 0.286 bits per heavy atom. The highest BCUT2D eigenvalue weighted by Crippen LogP contribution is 2.42. The van der Waals surface area contributed by atoms with Crippen LogP contribution in [-0.2, 0) is 0 Å². The number of fused-ring (bicyclic) bond motifs is 8. The van der Waals surface area contributed by atoms with Crippen molar-refractivity contribution in [3.8, 4) is 33.4 Å². The number of hydrogen-bond acceptors (Lipinski definition) is 2. The zero-order valence-electron chi connectivity index (χ0n) is 30.6. The van der Waals surface area contributed by atoms with E-state index in [0.717, 1.165) is 50.1 Å². The summed E-state index contributed by atoms with van der Waals surface area (Å²) >= 11 is 0. The van der Waals surface area contributed by atoms with Gasteiger partial charge in [-0.15, -0.1) is 0 Å². The number of hydrogen-bond donors (Lipinski definition) is 0. The van der Waals surface area contributed by atoms with E-state index < -0.39 is 0 Å². The van der Waals surface area contributed by atoms with Crippen LogP contribution in [0.15, 0.2) is 217 Å². The van der Waals surface area contributed by atoms with Crippen molar-refractivity contribution in [2.75, 3.05) is 4.90 Å². The Morgan fingerprint density at radius 2 is 0.857 bits per heavy atom. The maximum Gasteiger partial charge on any atom is 0.136 e. The first-order valence-electron chi connectivity index (χ1n) is 19.2. The molecule has 0 radical (unpaired) electrons. The van der Waals surface area contributed by atoms with Crippen LogP contribution in [0.4, 0.5) is 17.1 Å². The third kappa shape index (κ3) is 5.34. The number of rotatable bonds is 6. The topological polar surface area (TPSA) is 16.4 Å². The molecule has 2 nitrogen and oxygen atoms in total. The van der Waals surface area contributed by atoms with Gasteiger partial charge >= 0.3 is 0 Å². The van der Waals surface area contributed by atoms with E-state index >= 15 is 0 Å². The molecule has 0 amide bonds. The molecule has 0 spiro atoms. The average Bonchev–Trinajstić information content (AvgIpc) is 3.66. The zero-order chi connectivity index (χ0) is 37.0. The van der Waals surface area contributed by atoms with Crippen molar-refractivity contribution in [2.24, 2.45) is 0 Å². The van der Waals surface area contributed by atoms with E-state index in [1.165, 1.54) is 54.6 Å². The van der Waals surface area contributed by atoms with Crippen LogP contribution >= 0.6 is 0 Å². The molecule has 262 valence electrons. The second-order valence-electron chi connectivity index (χ2n) is 14.5. The molecule has 0 atom stereocenters. The molecule has 11 aromatic rings. The summed E-state index contributed by atoms with van der Waals surface area (Å²) in [5, 5.41) is 9.89. The average molecular weight is 714 g/mol. The van der Waals surface area contributed by atoms with E-state index in [9.17, 15) is 0 Å². The van der Waals surface area contributed by atoms with Gasteiger partial charge in [0.05, 0.1) is 0 Å². The van der Waals surface area contributed by atoms with Crippen LogP contribution in [0.25, 0.3) is 87.6 Å². The highest BCUT2D eigenvalue weighted by atomic mass is 16.3. The van der Waals surface area contributed by atoms with E-state index in [4.69, 9.17) is 4.42 Å². The van der Waals surface area contributed by atoms with E-state index in [-0.39, 0.29) is 0 Å². The Morgan fingerprint density at radius 3 is 1.68 bits per heavy atom. The summed E-state index contributed by atoms with van der Waals surface area (Å²) in [6.45, 7) is 0. The van der Waals surface area contributed by atoms with Gasteiger partial charge < -0.3 is 9.32 Å². The number of benzene rings is 10. The predicted octanol–water partition coefficient (Wildman–Crippen LogP) is 15.5. The summed E-state index contributed by atoms with van der Waals surface area (Å²) in [7, 11) is 0. The summed E-state index contributed by atoms with van der Waals surface area (Å²) < 4.78 is 6.29. The molecule has 10 aromatic carbocycles. The van der Waals surface area contributed by atoms with E-state index in [1.807, 2.05) is 12.1 Å². The first-order valence-corrected chi connectivity index (χ1v) is 19.2. The lowest BCUT2D eigenvalue weighted by Gasteiger charge is -2.26. The van der Waals surface area contributed by atoms with Crippen molar-refractivity contribution in [3.05, 3.63) is 212 Å². The molecule has 0 aliphatic heterocycles. The van der Waals surface area contributed by atoms with Crippen molar-refractivity contribution in [2.45, 2.75) is 0 Å². The Labute approximate surface area is 325 Å². The van der Waals surface area contributed by atoms with Crippen molar-refractivity contribution >= 4 is 71.3 Å². The summed E-state index contributed by atoms with van der Waals surface area (Å²) in [6, 6.07) is 76.5. The molecule has 11 rings (SSSR count). The molecule has 0 saturated heterocycles. The van der Waals surface area contributed by atoms with Gasteiger partial charge in [0, 0.05) is 27.8 Å². The van der Waals surface area contributed by atoms with E-state index in [0.29, 0.717) is 0 Å². The lowest BCUT2D eigenvalue weighted by atomic mass is 9.91. The van der Waals surface area contributed by atoms with E-state index in [2.05, 4.69) is 205 Å². The normalized spacial score (nSPS) is 11.6. The summed E-state index contributed by atoms with van der Waals surface area (Å²) in [4.78, 5) is 2.36.